The van der Waals surface area contributed by atoms with Crippen molar-refractivity contribution in [1.29, 1.82) is 0 Å². The molecular weight excluding hydrogens is 1610 g/mol. The van der Waals surface area contributed by atoms with Crippen molar-refractivity contribution in [1.82, 2.24) is 10.6 Å². The van der Waals surface area contributed by atoms with Crippen LogP contribution in [0, 0.1) is 0 Å². The van der Waals surface area contributed by atoms with Gasteiger partial charge in [0.2, 0.25) is 11.8 Å². The smallest absolute Gasteiger partial charge is 0.217 e. The second-order valence-electron chi connectivity index (χ2n) is 29.5. The van der Waals surface area contributed by atoms with Crippen LogP contribution in [-0.2, 0) is 99.6 Å². The van der Waals surface area contributed by atoms with Crippen LogP contribution >= 0.6 is 0 Å². The van der Waals surface area contributed by atoms with Gasteiger partial charge < -0.3 is 254 Å². The van der Waals surface area contributed by atoms with Crippen LogP contribution in [0.25, 0.3) is 0 Å². The molecular formula is C64H108N2O51. The summed E-state index contributed by atoms with van der Waals surface area (Å²) >= 11 is 0. The molecule has 0 saturated carbocycles. The third-order valence-corrected chi connectivity index (χ3v) is 21.7. The quantitative estimate of drug-likeness (QED) is 0.0318. The highest BCUT2D eigenvalue weighted by Gasteiger charge is 2.61. The Morgan fingerprint density at radius 2 is 0.479 bits per heavy atom. The summed E-state index contributed by atoms with van der Waals surface area (Å²) in [5.41, 5.74) is 0. The normalized spacial score (nSPS) is 51.5. The summed E-state index contributed by atoms with van der Waals surface area (Å²) in [7, 11) is 0. The van der Waals surface area contributed by atoms with Crippen LogP contribution in [0.3, 0.4) is 0 Å². The standard InChI is InChI=1S/C64H108N2O51/c1-13(75)65-25-36(86)48(22(10-74)108-56(25)112-49-26(66-14(2)76)55(98)101-21(9-73)33(49)83)111-61-47(97)51(114-64-54(42(92)32(82)20(8-72)107-64)117-60-45(95)39(89)29(79)17(5-69)104-60)35(85)24(110-61)11-99-57-46(96)50(113-63-53(41(91)31(81)19(7-71)106-63)116-59-44(94)38(88)28(78)16(4-68)103-59)34(84)23(109-57)12-100-62-52(40(90)30(80)18(6-70)105-62)115-58-43(93)37(87)27(77)15(3-67)102-58/h15-64,67-74,77-98H,3-12H2,1-2H3,(H,65,75)(H,66,76)/t15-,16-,17-,18-,19-,20-,21-,22-,23-,24-,25-,26-,27-,28-,29-,30-,31-,32-,33-,34-,35-,36-,37+,38+,39+,40+,41+,42+,43+,44+,45+,46+,47+,48-,49-,50+,51+,52+,53+,54+,55-,56+,57+,58-,59-,60-,61+,62+,63-,64-/m1/s1. The van der Waals surface area contributed by atoms with E-state index in [0.717, 1.165) is 13.8 Å². The number of hydrogen-bond donors (Lipinski definition) is 32. The Kier molecular flexibility index (Phi) is 34.4. The first kappa shape index (κ1) is 96.2. The van der Waals surface area contributed by atoms with Crippen molar-refractivity contribution in [3.8, 4) is 0 Å². The summed E-state index contributed by atoms with van der Waals surface area (Å²) in [6.07, 6.45) is -104. The monoisotopic (exact) mass is 1720 g/mol. The average Bonchev–Trinajstić information content (AvgIpc) is 0.767. The lowest BCUT2D eigenvalue weighted by molar-refractivity contribution is -0.401. The Bertz CT molecular complexity index is 3050. The molecule has 0 unspecified atom stereocenters. The van der Waals surface area contributed by atoms with Crippen LogP contribution < -0.4 is 10.6 Å². The maximum Gasteiger partial charge on any atom is 0.217 e. The highest BCUT2D eigenvalue weighted by Crippen LogP contribution is 2.40. The van der Waals surface area contributed by atoms with Gasteiger partial charge >= 0.3 is 0 Å². The SMILES string of the molecule is CC(=O)N[C@@H]1[C@@H](O[C@@H]2O[C@H](CO)[C@@H](O[C@@H]3O[C@H](CO[C@H]4O[C@H](CO[C@H]5O[C@H](CO)[C@@H](O)[C@H](O)[C@@H]5O[C@H]5O[C@H](CO)[C@@H](O)[C@H](O)[C@@H]5O)[C@@H](O)[C@H](O[C@H]5O[C@H](CO)[C@@H](O)[C@H](O)[C@@H]5O[C@H]5O[C@H](CO)[C@@H](O)[C@H](O)[C@@H]5O)[C@@H]4O)[C@@H](O)[C@H](O[C@H]4O[C@H](CO)[C@@H](O)[C@H](O)[C@@H]4O[C@H]4O[C@H](CO)[C@@H](O)[C@H](O)[C@@H]4O)[C@@H]3O)[C@H](O)[C@H]2NC(C)=O)[C@H](O)[C@@H](CO)O[C@H]1O. The van der Waals surface area contributed by atoms with Crippen LogP contribution in [0.4, 0.5) is 0 Å². The molecule has 0 aromatic rings. The first-order chi connectivity index (χ1) is 55.4. The fourth-order valence-corrected chi connectivity index (χ4v) is 15.0. The van der Waals surface area contributed by atoms with Gasteiger partial charge in [0.15, 0.2) is 62.9 Å². The number of aliphatic hydroxyl groups is 30. The Labute approximate surface area is 660 Å². The fourth-order valence-electron chi connectivity index (χ4n) is 15.0. The van der Waals surface area contributed by atoms with E-state index in [1.807, 2.05) is 0 Å². The molecule has 10 heterocycles. The van der Waals surface area contributed by atoms with Crippen molar-refractivity contribution in [2.24, 2.45) is 0 Å². The van der Waals surface area contributed by atoms with E-state index in [1.54, 1.807) is 0 Å². The summed E-state index contributed by atoms with van der Waals surface area (Å²) in [6, 6.07) is -3.67. The zero-order valence-electron chi connectivity index (χ0n) is 61.9. The molecule has 53 nitrogen and oxygen atoms in total. The maximum absolute atomic E-state index is 13.0. The van der Waals surface area contributed by atoms with Crippen molar-refractivity contribution in [2.75, 3.05) is 66.1 Å². The molecule has 0 spiro atoms. The second-order valence-corrected chi connectivity index (χ2v) is 29.5. The molecule has 2 amide bonds. The number of nitrogens with one attached hydrogen (secondary N) is 2. The molecule has 10 aliphatic heterocycles. The Morgan fingerprint density at radius 3 is 0.855 bits per heavy atom. The number of amides is 2. The minimum absolute atomic E-state index is 0.834. The lowest BCUT2D eigenvalue weighted by atomic mass is 9.93. The molecule has 50 atom stereocenters. The molecule has 53 heteroatoms. The van der Waals surface area contributed by atoms with Gasteiger partial charge in [0.25, 0.3) is 0 Å². The third-order valence-electron chi connectivity index (χ3n) is 21.7. The minimum atomic E-state index is -2.60. The number of carbonyl (C=O) groups excluding carboxylic acids is 2. The highest BCUT2D eigenvalue weighted by atomic mass is 16.8. The number of carbonyl (C=O) groups is 2. The van der Waals surface area contributed by atoms with Crippen LogP contribution in [0.15, 0.2) is 0 Å². The van der Waals surface area contributed by atoms with Gasteiger partial charge in [-0.05, 0) is 0 Å². The van der Waals surface area contributed by atoms with Crippen LogP contribution in [0.2, 0.25) is 0 Å². The van der Waals surface area contributed by atoms with Gasteiger partial charge in [-0.3, -0.25) is 9.59 Å². The van der Waals surface area contributed by atoms with E-state index in [2.05, 4.69) is 10.6 Å². The third kappa shape index (κ3) is 20.7. The highest BCUT2D eigenvalue weighted by molar-refractivity contribution is 5.73. The van der Waals surface area contributed by atoms with Gasteiger partial charge in [0, 0.05) is 13.8 Å². The number of hydrogen-bond acceptors (Lipinski definition) is 51. The summed E-state index contributed by atoms with van der Waals surface area (Å²) < 4.78 is 111. The fraction of sp³-hybridized carbons (Fsp3) is 0.969. The molecule has 10 fully saturated rings. The van der Waals surface area contributed by atoms with Crippen molar-refractivity contribution >= 4 is 11.8 Å². The van der Waals surface area contributed by atoms with E-state index in [9.17, 15) is 163 Å². The number of ether oxygens (including phenoxy) is 19. The topological polar surface area (TPSA) is 840 Å². The minimum Gasteiger partial charge on any atom is -0.394 e. The van der Waals surface area contributed by atoms with E-state index >= 15 is 0 Å². The van der Waals surface area contributed by atoms with Gasteiger partial charge in [0.1, 0.15) is 244 Å². The van der Waals surface area contributed by atoms with Gasteiger partial charge in [-0.2, -0.15) is 0 Å². The molecule has 0 bridgehead atoms. The molecule has 0 radical (unpaired) electrons. The van der Waals surface area contributed by atoms with Crippen molar-refractivity contribution in [3.63, 3.8) is 0 Å². The summed E-state index contributed by atoms with van der Waals surface area (Å²) in [5.74, 6) is -1.80. The van der Waals surface area contributed by atoms with E-state index in [0.29, 0.717) is 0 Å². The first-order valence-electron chi connectivity index (χ1n) is 37.2. The largest absolute Gasteiger partial charge is 0.394 e. The Balaban J connectivity index is 1.01. The molecule has 0 aromatic carbocycles. The zero-order chi connectivity index (χ0) is 85.9. The van der Waals surface area contributed by atoms with Crippen molar-refractivity contribution < 1.29 is 253 Å². The van der Waals surface area contributed by atoms with Gasteiger partial charge in [0.05, 0.1) is 66.1 Å². The average molecular weight is 1720 g/mol. The molecule has 10 saturated heterocycles. The molecule has 10 aliphatic rings. The first-order valence-corrected chi connectivity index (χ1v) is 37.2. The zero-order valence-corrected chi connectivity index (χ0v) is 61.9. The molecule has 0 aliphatic carbocycles. The summed E-state index contributed by atoms with van der Waals surface area (Å²) in [6.45, 7) is -9.34. The van der Waals surface area contributed by atoms with Gasteiger partial charge in [-0.1, -0.05) is 0 Å². The lowest BCUT2D eigenvalue weighted by Crippen LogP contribution is -2.71. The summed E-state index contributed by atoms with van der Waals surface area (Å²) in [5, 5.41) is 337. The molecule has 117 heavy (non-hydrogen) atoms. The number of aliphatic hydroxyl groups excluding tert-OH is 30. The van der Waals surface area contributed by atoms with Crippen LogP contribution in [-0.4, -0.2) is 538 Å². The van der Waals surface area contributed by atoms with Gasteiger partial charge in [-0.15, -0.1) is 0 Å². The van der Waals surface area contributed by atoms with Crippen molar-refractivity contribution in [3.05, 3.63) is 0 Å². The van der Waals surface area contributed by atoms with E-state index in [1.165, 1.54) is 0 Å². The predicted molar refractivity (Wildman–Crippen MR) is 353 cm³/mol. The predicted octanol–water partition coefficient (Wildman–Crippen LogP) is -22.5. The van der Waals surface area contributed by atoms with E-state index in [-0.39, 0.29) is 0 Å². The van der Waals surface area contributed by atoms with E-state index < -0.39 is 385 Å². The molecule has 32 N–H and O–H groups in total. The van der Waals surface area contributed by atoms with Gasteiger partial charge in [-0.25, -0.2) is 0 Å². The van der Waals surface area contributed by atoms with E-state index in [4.69, 9.17) is 90.0 Å². The van der Waals surface area contributed by atoms with Crippen LogP contribution in [0.1, 0.15) is 13.8 Å². The van der Waals surface area contributed by atoms with Crippen LogP contribution in [0.5, 0.6) is 0 Å². The molecule has 10 rings (SSSR count). The Hall–Kier alpha value is -3.02. The molecule has 680 valence electrons. The number of rotatable bonds is 30. The second kappa shape index (κ2) is 41.9. The van der Waals surface area contributed by atoms with Crippen molar-refractivity contribution in [2.45, 2.75) is 321 Å². The molecule has 0 aromatic heterocycles. The Morgan fingerprint density at radius 1 is 0.222 bits per heavy atom. The maximum atomic E-state index is 13.0. The summed E-state index contributed by atoms with van der Waals surface area (Å²) in [4.78, 5) is 25.4. The lowest BCUT2D eigenvalue weighted by Gasteiger charge is -2.51.